The van der Waals surface area contributed by atoms with Crippen LogP contribution in [0.5, 0.6) is 0 Å². The molecule has 0 saturated carbocycles. The number of pyridine rings is 2. The summed E-state index contributed by atoms with van der Waals surface area (Å²) in [7, 11) is 0. The Kier molecular flexibility index (Phi) is 5.62. The van der Waals surface area contributed by atoms with Gasteiger partial charge in [-0.1, -0.05) is 28.4 Å². The fourth-order valence-electron chi connectivity index (χ4n) is 4.68. The molecule has 184 valence electrons. The number of aromatic nitrogens is 7. The molecule has 5 aromatic rings. The maximum absolute atomic E-state index is 13.4. The monoisotopic (exact) mass is 533 g/mol. The molecule has 1 aliphatic heterocycles. The molecule has 1 aromatic carbocycles. The molecule has 2 N–H and O–H groups in total. The average molecular weight is 534 g/mol. The normalized spacial score (nSPS) is 14.6. The number of rotatable bonds is 5. The molecule has 0 amide bonds. The third-order valence-electron chi connectivity index (χ3n) is 6.32. The lowest BCUT2D eigenvalue weighted by Crippen LogP contribution is -2.23. The van der Waals surface area contributed by atoms with Gasteiger partial charge in [0.25, 0.3) is 5.56 Å². The average Bonchev–Trinajstić information content (AvgIpc) is 3.63. The van der Waals surface area contributed by atoms with Crippen LogP contribution < -0.4 is 5.56 Å². The molecule has 0 fully saturated rings. The number of halogens is 2. The number of imidazole rings is 1. The summed E-state index contributed by atoms with van der Waals surface area (Å²) < 4.78 is 3.28. The summed E-state index contributed by atoms with van der Waals surface area (Å²) in [4.78, 5) is 36.3. The molecule has 0 bridgehead atoms. The molecule has 12 heteroatoms. The molecule has 1 aliphatic rings. The Balaban J connectivity index is 1.37. The van der Waals surface area contributed by atoms with Crippen LogP contribution in [0.15, 0.2) is 65.8 Å². The first-order valence-corrected chi connectivity index (χ1v) is 12.0. The maximum Gasteiger partial charge on any atom is 0.354 e. The van der Waals surface area contributed by atoms with E-state index in [0.29, 0.717) is 46.2 Å². The van der Waals surface area contributed by atoms with Gasteiger partial charge in [0.2, 0.25) is 0 Å². The first-order valence-electron chi connectivity index (χ1n) is 11.3. The van der Waals surface area contributed by atoms with Gasteiger partial charge in [0.05, 0.1) is 29.8 Å². The van der Waals surface area contributed by atoms with E-state index in [1.54, 1.807) is 52.0 Å². The quantitative estimate of drug-likeness (QED) is 0.341. The summed E-state index contributed by atoms with van der Waals surface area (Å²) in [5, 5.41) is 17.9. The summed E-state index contributed by atoms with van der Waals surface area (Å²) in [6, 6.07) is 11.8. The Hall–Kier alpha value is -4.28. The van der Waals surface area contributed by atoms with Crippen molar-refractivity contribution in [2.75, 3.05) is 0 Å². The third kappa shape index (κ3) is 4.20. The largest absolute Gasteiger partial charge is 0.477 e. The number of carboxylic acid groups (broad SMARTS) is 1. The highest BCUT2D eigenvalue weighted by atomic mass is 35.5. The van der Waals surface area contributed by atoms with Crippen LogP contribution in [-0.2, 0) is 6.42 Å². The zero-order valence-corrected chi connectivity index (χ0v) is 20.5. The minimum atomic E-state index is -1.11. The molecule has 4 aromatic heterocycles. The number of fused-ring (bicyclic) bond motifs is 1. The molecular formula is C25H17Cl2N7O3. The standard InChI is InChI=1S/C25H17Cl2N7O3/c26-15-1-3-20(33-12-22(27)31-32-33)17(10-15)14-7-16-2-4-21(34(16)23(35)9-14)24-29-11-19(30-24)13-5-6-28-18(8-13)25(36)37/h1,3,5-12,21H,2,4H2,(H,29,30)(H,36,37)/t21-/m0/s1. The van der Waals surface area contributed by atoms with Crippen LogP contribution in [0, 0.1) is 0 Å². The molecule has 0 saturated heterocycles. The smallest absolute Gasteiger partial charge is 0.354 e. The second-order valence-corrected chi connectivity index (χ2v) is 9.39. The molecule has 5 heterocycles. The van der Waals surface area contributed by atoms with E-state index in [1.807, 2.05) is 6.07 Å². The number of hydrogen-bond acceptors (Lipinski definition) is 6. The zero-order valence-electron chi connectivity index (χ0n) is 19.0. The summed E-state index contributed by atoms with van der Waals surface area (Å²) in [6.07, 6.45) is 6.01. The summed E-state index contributed by atoms with van der Waals surface area (Å²) >= 11 is 12.3. The highest BCUT2D eigenvalue weighted by molar-refractivity contribution is 6.31. The van der Waals surface area contributed by atoms with Crippen molar-refractivity contribution < 1.29 is 9.90 Å². The fourth-order valence-corrected chi connectivity index (χ4v) is 4.98. The van der Waals surface area contributed by atoms with Crippen molar-refractivity contribution >= 4 is 29.2 Å². The van der Waals surface area contributed by atoms with Gasteiger partial charge in [-0.05, 0) is 54.8 Å². The molecule has 0 unspecified atom stereocenters. The Morgan fingerprint density at radius 2 is 1.95 bits per heavy atom. The lowest BCUT2D eigenvalue weighted by Gasteiger charge is -2.15. The summed E-state index contributed by atoms with van der Waals surface area (Å²) in [5.74, 6) is -0.485. The molecule has 1 atom stereocenters. The highest BCUT2D eigenvalue weighted by Gasteiger charge is 2.28. The molecular weight excluding hydrogens is 517 g/mol. The van der Waals surface area contributed by atoms with Crippen molar-refractivity contribution in [1.82, 2.24) is 34.5 Å². The van der Waals surface area contributed by atoms with Crippen LogP contribution >= 0.6 is 23.2 Å². The van der Waals surface area contributed by atoms with Crippen LogP contribution in [0.25, 0.3) is 28.1 Å². The van der Waals surface area contributed by atoms with Gasteiger partial charge >= 0.3 is 5.97 Å². The molecule has 0 radical (unpaired) electrons. The Morgan fingerprint density at radius 1 is 1.08 bits per heavy atom. The number of aryl methyl sites for hydroxylation is 1. The van der Waals surface area contributed by atoms with Crippen molar-refractivity contribution in [1.29, 1.82) is 0 Å². The van der Waals surface area contributed by atoms with E-state index in [1.165, 1.54) is 12.3 Å². The topological polar surface area (TPSA) is 132 Å². The van der Waals surface area contributed by atoms with E-state index in [2.05, 4.69) is 25.3 Å². The second-order valence-electron chi connectivity index (χ2n) is 8.56. The minimum absolute atomic E-state index is 0.0582. The van der Waals surface area contributed by atoms with Crippen molar-refractivity contribution in [2.45, 2.75) is 18.9 Å². The van der Waals surface area contributed by atoms with Gasteiger partial charge in [0.15, 0.2) is 5.15 Å². The van der Waals surface area contributed by atoms with Gasteiger partial charge in [0.1, 0.15) is 11.5 Å². The molecule has 0 spiro atoms. The van der Waals surface area contributed by atoms with Crippen molar-refractivity contribution in [2.24, 2.45) is 0 Å². The van der Waals surface area contributed by atoms with Crippen molar-refractivity contribution in [3.05, 3.63) is 98.8 Å². The van der Waals surface area contributed by atoms with E-state index in [9.17, 15) is 14.7 Å². The number of H-pyrrole nitrogens is 1. The van der Waals surface area contributed by atoms with Crippen LogP contribution in [0.2, 0.25) is 10.2 Å². The molecule has 6 rings (SSSR count). The summed E-state index contributed by atoms with van der Waals surface area (Å²) in [6.45, 7) is 0. The van der Waals surface area contributed by atoms with Gasteiger partial charge in [0, 0.05) is 34.1 Å². The minimum Gasteiger partial charge on any atom is -0.477 e. The molecule has 10 nitrogen and oxygen atoms in total. The van der Waals surface area contributed by atoms with E-state index in [0.717, 1.165) is 11.3 Å². The number of carboxylic acids is 1. The lowest BCUT2D eigenvalue weighted by molar-refractivity contribution is 0.0690. The van der Waals surface area contributed by atoms with Gasteiger partial charge in [-0.15, -0.1) is 5.10 Å². The van der Waals surface area contributed by atoms with Crippen molar-refractivity contribution in [3.8, 4) is 28.1 Å². The summed E-state index contributed by atoms with van der Waals surface area (Å²) in [5.41, 5.74) is 4.05. The number of carbonyl (C=O) groups is 1. The zero-order chi connectivity index (χ0) is 25.7. The maximum atomic E-state index is 13.4. The van der Waals surface area contributed by atoms with E-state index in [-0.39, 0.29) is 22.4 Å². The number of hydrogen-bond donors (Lipinski definition) is 2. The van der Waals surface area contributed by atoms with Gasteiger partial charge in [-0.25, -0.2) is 19.4 Å². The number of aromatic carboxylic acids is 1. The lowest BCUT2D eigenvalue weighted by atomic mass is 10.0. The first-order chi connectivity index (χ1) is 17.9. The Morgan fingerprint density at radius 3 is 2.73 bits per heavy atom. The van der Waals surface area contributed by atoms with E-state index >= 15 is 0 Å². The fraction of sp³-hybridized carbons (Fsp3) is 0.120. The first kappa shape index (κ1) is 23.1. The third-order valence-corrected chi connectivity index (χ3v) is 6.72. The van der Waals surface area contributed by atoms with Gasteiger partial charge in [-0.2, -0.15) is 0 Å². The molecule has 37 heavy (non-hydrogen) atoms. The van der Waals surface area contributed by atoms with Gasteiger partial charge < -0.3 is 14.7 Å². The highest BCUT2D eigenvalue weighted by Crippen LogP contribution is 2.34. The van der Waals surface area contributed by atoms with Gasteiger partial charge in [-0.3, -0.25) is 4.79 Å². The van der Waals surface area contributed by atoms with E-state index in [4.69, 9.17) is 23.2 Å². The predicted molar refractivity (Wildman–Crippen MR) is 136 cm³/mol. The van der Waals surface area contributed by atoms with Crippen LogP contribution in [-0.4, -0.2) is 45.6 Å². The van der Waals surface area contributed by atoms with Crippen LogP contribution in [0.1, 0.15) is 34.5 Å². The number of aromatic amines is 1. The molecule has 0 aliphatic carbocycles. The predicted octanol–water partition coefficient (Wildman–Crippen LogP) is 4.42. The van der Waals surface area contributed by atoms with Crippen molar-refractivity contribution in [3.63, 3.8) is 0 Å². The number of nitrogens with one attached hydrogen (secondary N) is 1. The number of nitrogens with zero attached hydrogens (tertiary/aromatic N) is 6. The Labute approximate surface area is 219 Å². The van der Waals surface area contributed by atoms with E-state index < -0.39 is 5.97 Å². The van der Waals surface area contributed by atoms with Crippen LogP contribution in [0.3, 0.4) is 0 Å². The number of benzene rings is 1. The Bertz CT molecular complexity index is 1740. The second kappa shape index (κ2) is 8.99. The SMILES string of the molecule is O=C(O)c1cc(-c2cnc([C@@H]3CCc4cc(-c5cc(Cl)ccc5-n5cc(Cl)nn5)cc(=O)n43)[nH]2)ccn1. The van der Waals surface area contributed by atoms with Crippen LogP contribution in [0.4, 0.5) is 0 Å².